The number of nitrogens with two attached hydrogens (primary N) is 2. The molecule has 4 fully saturated rings. The van der Waals surface area contributed by atoms with Gasteiger partial charge in [-0.2, -0.15) is 0 Å². The summed E-state index contributed by atoms with van der Waals surface area (Å²) in [6, 6.07) is 0. The first-order valence-corrected chi connectivity index (χ1v) is 17.9. The van der Waals surface area contributed by atoms with Gasteiger partial charge in [-0.15, -0.1) is 0 Å². The maximum atomic E-state index is 14.2. The predicted octanol–water partition coefficient (Wildman–Crippen LogP) is 3.92. The van der Waals surface area contributed by atoms with Crippen LogP contribution in [0.4, 0.5) is 0 Å². The van der Waals surface area contributed by atoms with E-state index in [9.17, 15) is 19.8 Å². The van der Waals surface area contributed by atoms with Gasteiger partial charge >= 0.3 is 5.97 Å². The molecule has 4 rings (SSSR count). The molecule has 0 aromatic carbocycles. The lowest BCUT2D eigenvalue weighted by Gasteiger charge is -2.69. The van der Waals surface area contributed by atoms with Gasteiger partial charge < -0.3 is 31.7 Å². The smallest absolute Gasteiger partial charge is 0.303 e. The van der Waals surface area contributed by atoms with Crippen LogP contribution in [0.2, 0.25) is 0 Å². The average molecular weight is 645 g/mol. The Balaban J connectivity index is 1.75. The molecule has 46 heavy (non-hydrogen) atoms. The SMILES string of the molecule is CC(=O)O[C@H]1C[C@@]2(C)C(C[C@@H](O)[C@H]3[C@@]4(C)CC[C@@H](O)[C@@H](C)C4CC[C@@]32C)C1=C(CCC=C(C)C)C(=O)NCCN(CCN)CCN. The van der Waals surface area contributed by atoms with Crippen molar-refractivity contribution in [3.8, 4) is 0 Å². The van der Waals surface area contributed by atoms with Crippen LogP contribution >= 0.6 is 0 Å². The Hall–Kier alpha value is -1.78. The van der Waals surface area contributed by atoms with Crippen molar-refractivity contribution >= 4 is 11.9 Å². The molecule has 10 atom stereocenters. The second-order valence-corrected chi connectivity index (χ2v) is 16.0. The summed E-state index contributed by atoms with van der Waals surface area (Å²) in [6.45, 7) is 18.4. The van der Waals surface area contributed by atoms with E-state index in [2.05, 4.69) is 57.8 Å². The first-order chi connectivity index (χ1) is 21.6. The van der Waals surface area contributed by atoms with Crippen molar-refractivity contribution in [2.45, 2.75) is 118 Å². The van der Waals surface area contributed by atoms with Gasteiger partial charge in [0, 0.05) is 51.8 Å². The summed E-state index contributed by atoms with van der Waals surface area (Å²) >= 11 is 0. The highest BCUT2D eigenvalue weighted by Crippen LogP contribution is 2.74. The number of fused-ring (bicyclic) bond motifs is 5. The number of rotatable bonds is 12. The Labute approximate surface area is 277 Å². The number of hydrogen-bond acceptors (Lipinski definition) is 8. The molecule has 0 radical (unpaired) electrons. The molecule has 7 N–H and O–H groups in total. The number of esters is 1. The molecule has 0 spiro atoms. The topological polar surface area (TPSA) is 151 Å². The quantitative estimate of drug-likeness (QED) is 0.122. The molecule has 0 saturated heterocycles. The van der Waals surface area contributed by atoms with Crippen molar-refractivity contribution in [2.24, 2.45) is 51.4 Å². The maximum Gasteiger partial charge on any atom is 0.303 e. The lowest BCUT2D eigenvalue weighted by atomic mass is 9.36. The molecular formula is C37H64N4O5. The molecule has 0 heterocycles. The van der Waals surface area contributed by atoms with Gasteiger partial charge in [-0.25, -0.2) is 0 Å². The summed E-state index contributed by atoms with van der Waals surface area (Å²) in [7, 11) is 0. The second kappa shape index (κ2) is 14.8. The Morgan fingerprint density at radius 3 is 2.28 bits per heavy atom. The molecule has 0 bridgehead atoms. The van der Waals surface area contributed by atoms with Crippen molar-refractivity contribution in [1.82, 2.24) is 10.2 Å². The first kappa shape index (κ1) is 37.0. The molecule has 0 aromatic rings. The summed E-state index contributed by atoms with van der Waals surface area (Å²) in [5.41, 5.74) is 13.8. The van der Waals surface area contributed by atoms with Crippen LogP contribution in [0.1, 0.15) is 99.8 Å². The highest BCUT2D eigenvalue weighted by molar-refractivity contribution is 5.94. The minimum Gasteiger partial charge on any atom is -0.458 e. The number of aliphatic hydroxyl groups is 2. The molecule has 0 aliphatic heterocycles. The van der Waals surface area contributed by atoms with Gasteiger partial charge in [-0.05, 0) is 111 Å². The Morgan fingerprint density at radius 2 is 1.67 bits per heavy atom. The van der Waals surface area contributed by atoms with Crippen LogP contribution in [0.15, 0.2) is 22.8 Å². The molecule has 2 unspecified atom stereocenters. The molecule has 4 saturated carbocycles. The van der Waals surface area contributed by atoms with Crippen molar-refractivity contribution in [3.05, 3.63) is 22.8 Å². The summed E-state index contributed by atoms with van der Waals surface area (Å²) in [4.78, 5) is 28.9. The van der Waals surface area contributed by atoms with E-state index in [-0.39, 0.29) is 52.0 Å². The number of nitrogens with zero attached hydrogens (tertiary/aromatic N) is 1. The molecule has 1 amide bonds. The lowest BCUT2D eigenvalue weighted by molar-refractivity contribution is -0.234. The number of aliphatic hydroxyl groups excluding tert-OH is 2. The lowest BCUT2D eigenvalue weighted by Crippen LogP contribution is -2.65. The van der Waals surface area contributed by atoms with Crippen LogP contribution in [0.3, 0.4) is 0 Å². The first-order valence-electron chi connectivity index (χ1n) is 17.9. The summed E-state index contributed by atoms with van der Waals surface area (Å²) < 4.78 is 6.13. The van der Waals surface area contributed by atoms with Crippen LogP contribution < -0.4 is 16.8 Å². The molecule has 9 heteroatoms. The van der Waals surface area contributed by atoms with E-state index < -0.39 is 12.2 Å². The van der Waals surface area contributed by atoms with E-state index in [0.717, 1.165) is 31.3 Å². The normalized spacial score (nSPS) is 39.6. The predicted molar refractivity (Wildman–Crippen MR) is 182 cm³/mol. The third-order valence-corrected chi connectivity index (χ3v) is 13.2. The van der Waals surface area contributed by atoms with Gasteiger partial charge in [0.25, 0.3) is 0 Å². The highest BCUT2D eigenvalue weighted by atomic mass is 16.5. The maximum absolute atomic E-state index is 14.2. The zero-order valence-corrected chi connectivity index (χ0v) is 29.7. The van der Waals surface area contributed by atoms with Gasteiger partial charge in [0.05, 0.1) is 12.2 Å². The largest absolute Gasteiger partial charge is 0.458 e. The Bertz CT molecular complexity index is 1160. The number of amides is 1. The number of ether oxygens (including phenoxy) is 1. The van der Waals surface area contributed by atoms with E-state index in [4.69, 9.17) is 16.2 Å². The van der Waals surface area contributed by atoms with Gasteiger partial charge in [0.2, 0.25) is 5.91 Å². The van der Waals surface area contributed by atoms with Crippen molar-refractivity contribution < 1.29 is 24.5 Å². The van der Waals surface area contributed by atoms with Crippen LogP contribution in [0.25, 0.3) is 0 Å². The average Bonchev–Trinajstić information content (AvgIpc) is 3.24. The zero-order chi connectivity index (χ0) is 34.0. The zero-order valence-electron chi connectivity index (χ0n) is 29.7. The minimum atomic E-state index is -0.549. The van der Waals surface area contributed by atoms with Gasteiger partial charge in [-0.3, -0.25) is 14.5 Å². The Morgan fingerprint density at radius 1 is 1.00 bits per heavy atom. The summed E-state index contributed by atoms with van der Waals surface area (Å²) in [5, 5.41) is 26.2. The molecular weight excluding hydrogens is 580 g/mol. The van der Waals surface area contributed by atoms with E-state index in [1.54, 1.807) is 0 Å². The number of carbonyl (C=O) groups excluding carboxylic acids is 2. The van der Waals surface area contributed by atoms with Crippen LogP contribution in [0, 0.1) is 39.9 Å². The number of carbonyl (C=O) groups is 2. The van der Waals surface area contributed by atoms with Gasteiger partial charge in [0.1, 0.15) is 6.10 Å². The van der Waals surface area contributed by atoms with Crippen molar-refractivity contribution in [3.63, 3.8) is 0 Å². The van der Waals surface area contributed by atoms with E-state index >= 15 is 0 Å². The third-order valence-electron chi connectivity index (χ3n) is 13.2. The van der Waals surface area contributed by atoms with Crippen molar-refractivity contribution in [1.29, 1.82) is 0 Å². The van der Waals surface area contributed by atoms with Crippen LogP contribution in [0.5, 0.6) is 0 Å². The fourth-order valence-electron chi connectivity index (χ4n) is 10.9. The minimum absolute atomic E-state index is 0.0614. The second-order valence-electron chi connectivity index (χ2n) is 16.0. The van der Waals surface area contributed by atoms with E-state index in [1.165, 1.54) is 12.5 Å². The van der Waals surface area contributed by atoms with Crippen LogP contribution in [-0.4, -0.2) is 84.6 Å². The van der Waals surface area contributed by atoms with E-state index in [1.807, 2.05) is 0 Å². The number of allylic oxidation sites excluding steroid dienone is 2. The summed E-state index contributed by atoms with van der Waals surface area (Å²) in [6.07, 6.45) is 6.85. The standard InChI is InChI=1S/C37H64N4O5/c1-23(2)9-8-10-26(34(45)40-17-20-41(18-15-38)19-16-39)32-28-21-30(44)33-35(5)13-12-29(43)24(3)27(35)11-14-36(33,6)37(28,7)22-31(32)46-25(4)42/h9,24,27-31,33,43-44H,8,10-22,38-39H2,1-7H3,(H,40,45)/t24-,27?,28?,29+,30+,31-,33-,35-,36-,37-/m0/s1. The van der Waals surface area contributed by atoms with Gasteiger partial charge in [0.15, 0.2) is 0 Å². The molecule has 4 aliphatic rings. The Kier molecular flexibility index (Phi) is 11.9. The third kappa shape index (κ3) is 6.87. The monoisotopic (exact) mass is 644 g/mol. The fourth-order valence-corrected chi connectivity index (χ4v) is 10.9. The molecule has 4 aliphatic carbocycles. The van der Waals surface area contributed by atoms with Crippen LogP contribution in [-0.2, 0) is 14.3 Å². The fraction of sp³-hybridized carbons (Fsp3) is 0.838. The number of nitrogens with one attached hydrogen (secondary N) is 1. The molecule has 0 aromatic heterocycles. The molecule has 9 nitrogen and oxygen atoms in total. The van der Waals surface area contributed by atoms with E-state index in [0.29, 0.717) is 76.4 Å². The number of hydrogen-bond donors (Lipinski definition) is 5. The summed E-state index contributed by atoms with van der Waals surface area (Å²) in [5.74, 6) is 0.0651. The highest BCUT2D eigenvalue weighted by Gasteiger charge is 2.70. The molecule has 262 valence electrons. The van der Waals surface area contributed by atoms with Crippen molar-refractivity contribution in [2.75, 3.05) is 39.3 Å². The van der Waals surface area contributed by atoms with Gasteiger partial charge in [-0.1, -0.05) is 39.3 Å².